The van der Waals surface area contributed by atoms with Crippen LogP contribution in [0, 0.1) is 5.82 Å². The molecule has 2 aromatic rings. The first-order valence-corrected chi connectivity index (χ1v) is 7.78. The van der Waals surface area contributed by atoms with Crippen molar-refractivity contribution in [2.45, 2.75) is 19.1 Å². The van der Waals surface area contributed by atoms with Crippen molar-refractivity contribution in [3.63, 3.8) is 0 Å². The first-order valence-electron chi connectivity index (χ1n) is 7.78. The van der Waals surface area contributed by atoms with Gasteiger partial charge in [-0.05, 0) is 17.7 Å². The zero-order valence-electron chi connectivity index (χ0n) is 13.3. The molecular formula is C16H17FN4O4. The third-order valence-corrected chi connectivity index (χ3v) is 3.82. The molecule has 0 saturated carbocycles. The highest BCUT2D eigenvalue weighted by atomic mass is 19.1. The van der Waals surface area contributed by atoms with Crippen molar-refractivity contribution in [1.29, 1.82) is 0 Å². The number of carbonyl (C=O) groups excluding carboxylic acids is 1. The number of morpholine rings is 1. The van der Waals surface area contributed by atoms with Crippen molar-refractivity contribution in [3.05, 3.63) is 47.5 Å². The second-order valence-electron chi connectivity index (χ2n) is 5.77. The molecule has 1 aromatic carbocycles. The van der Waals surface area contributed by atoms with Crippen LogP contribution >= 0.6 is 0 Å². The van der Waals surface area contributed by atoms with Crippen molar-refractivity contribution in [3.8, 4) is 0 Å². The quantitative estimate of drug-likeness (QED) is 0.858. The second-order valence-corrected chi connectivity index (χ2v) is 5.77. The van der Waals surface area contributed by atoms with Crippen molar-refractivity contribution < 1.29 is 23.8 Å². The molecule has 1 N–H and O–H groups in total. The fraction of sp³-hybridized carbons (Fsp3) is 0.375. The summed E-state index contributed by atoms with van der Waals surface area (Å²) in [6.45, 7) is 1.14. The van der Waals surface area contributed by atoms with E-state index in [0.29, 0.717) is 18.7 Å². The average molecular weight is 348 g/mol. The standard InChI is InChI=1S/C16H17FN4O4/c17-12-3-1-2-11(6-12)8-21-10-14(18-19-21)16(24)20-4-5-25-13(9-20)7-15(22)23/h1-3,6,10,13H,4-5,7-9H2,(H,22,23). The number of amides is 1. The predicted molar refractivity (Wildman–Crippen MR) is 83.4 cm³/mol. The maximum absolute atomic E-state index is 13.2. The summed E-state index contributed by atoms with van der Waals surface area (Å²) in [5.74, 6) is -1.64. The highest BCUT2D eigenvalue weighted by molar-refractivity contribution is 5.92. The number of hydrogen-bond acceptors (Lipinski definition) is 5. The minimum atomic E-state index is -0.972. The van der Waals surface area contributed by atoms with Crippen LogP contribution < -0.4 is 0 Å². The number of carboxylic acids is 1. The van der Waals surface area contributed by atoms with E-state index in [2.05, 4.69) is 10.3 Å². The molecule has 8 nitrogen and oxygen atoms in total. The highest BCUT2D eigenvalue weighted by Gasteiger charge is 2.28. The number of carboxylic acid groups (broad SMARTS) is 1. The smallest absolute Gasteiger partial charge is 0.306 e. The molecule has 1 atom stereocenters. The summed E-state index contributed by atoms with van der Waals surface area (Å²) >= 11 is 0. The summed E-state index contributed by atoms with van der Waals surface area (Å²) in [7, 11) is 0. The Kier molecular flexibility index (Phi) is 5.03. The van der Waals surface area contributed by atoms with Gasteiger partial charge in [0, 0.05) is 13.1 Å². The monoisotopic (exact) mass is 348 g/mol. The summed E-state index contributed by atoms with van der Waals surface area (Å²) in [4.78, 5) is 24.8. The summed E-state index contributed by atoms with van der Waals surface area (Å²) < 4.78 is 20.0. The number of nitrogens with zero attached hydrogens (tertiary/aromatic N) is 4. The zero-order chi connectivity index (χ0) is 17.8. The topological polar surface area (TPSA) is 97.6 Å². The van der Waals surface area contributed by atoms with Gasteiger partial charge in [-0.3, -0.25) is 9.59 Å². The molecular weight excluding hydrogens is 331 g/mol. The van der Waals surface area contributed by atoms with Gasteiger partial charge in [-0.15, -0.1) is 5.10 Å². The Morgan fingerprint density at radius 1 is 1.40 bits per heavy atom. The van der Waals surface area contributed by atoms with Gasteiger partial charge in [0.05, 0.1) is 31.9 Å². The second kappa shape index (κ2) is 7.39. The van der Waals surface area contributed by atoms with E-state index in [1.807, 2.05) is 0 Å². The van der Waals surface area contributed by atoms with Gasteiger partial charge in [-0.25, -0.2) is 9.07 Å². The Hall–Kier alpha value is -2.81. The van der Waals surface area contributed by atoms with E-state index in [-0.39, 0.29) is 37.0 Å². The van der Waals surface area contributed by atoms with Crippen LogP contribution in [0.2, 0.25) is 0 Å². The predicted octanol–water partition coefficient (Wildman–Crippen LogP) is 0.781. The maximum atomic E-state index is 13.2. The van der Waals surface area contributed by atoms with E-state index in [1.165, 1.54) is 27.9 Å². The number of benzene rings is 1. The molecule has 25 heavy (non-hydrogen) atoms. The van der Waals surface area contributed by atoms with Crippen LogP contribution in [-0.4, -0.2) is 62.7 Å². The van der Waals surface area contributed by atoms with Gasteiger partial charge in [0.1, 0.15) is 5.82 Å². The Labute approximate surface area is 142 Å². The summed E-state index contributed by atoms with van der Waals surface area (Å²) in [6.07, 6.45) is 0.808. The first-order chi connectivity index (χ1) is 12.0. The Morgan fingerprint density at radius 2 is 2.24 bits per heavy atom. The lowest BCUT2D eigenvalue weighted by Gasteiger charge is -2.31. The molecule has 1 saturated heterocycles. The van der Waals surface area contributed by atoms with Gasteiger partial charge < -0.3 is 14.7 Å². The van der Waals surface area contributed by atoms with Crippen molar-refractivity contribution >= 4 is 11.9 Å². The van der Waals surface area contributed by atoms with Crippen LogP contribution in [0.15, 0.2) is 30.5 Å². The lowest BCUT2D eigenvalue weighted by Crippen LogP contribution is -2.46. The number of halogens is 1. The van der Waals surface area contributed by atoms with E-state index < -0.39 is 12.1 Å². The number of hydrogen-bond donors (Lipinski definition) is 1. The minimum Gasteiger partial charge on any atom is -0.481 e. The van der Waals surface area contributed by atoms with E-state index in [4.69, 9.17) is 9.84 Å². The van der Waals surface area contributed by atoms with E-state index in [1.54, 1.807) is 12.1 Å². The van der Waals surface area contributed by atoms with Crippen LogP contribution in [-0.2, 0) is 16.1 Å². The fourth-order valence-corrected chi connectivity index (χ4v) is 2.68. The van der Waals surface area contributed by atoms with E-state index in [0.717, 1.165) is 0 Å². The maximum Gasteiger partial charge on any atom is 0.306 e. The Bertz CT molecular complexity index is 779. The van der Waals surface area contributed by atoms with Gasteiger partial charge in [-0.2, -0.15) is 0 Å². The Morgan fingerprint density at radius 3 is 3.00 bits per heavy atom. The van der Waals surface area contributed by atoms with Crippen LogP contribution in [0.1, 0.15) is 22.5 Å². The molecule has 1 amide bonds. The van der Waals surface area contributed by atoms with Crippen LogP contribution in [0.4, 0.5) is 4.39 Å². The number of aromatic nitrogens is 3. The highest BCUT2D eigenvalue weighted by Crippen LogP contribution is 2.12. The molecule has 1 fully saturated rings. The van der Waals surface area contributed by atoms with Gasteiger partial charge in [0.25, 0.3) is 5.91 Å². The van der Waals surface area contributed by atoms with Gasteiger partial charge in [-0.1, -0.05) is 17.3 Å². The molecule has 0 spiro atoms. The normalized spacial score (nSPS) is 17.5. The average Bonchev–Trinajstić information content (AvgIpc) is 3.02. The number of aliphatic carboxylic acids is 1. The molecule has 132 valence electrons. The van der Waals surface area contributed by atoms with E-state index >= 15 is 0 Å². The zero-order valence-corrected chi connectivity index (χ0v) is 13.3. The van der Waals surface area contributed by atoms with Crippen LogP contribution in [0.5, 0.6) is 0 Å². The SMILES string of the molecule is O=C(O)CC1CN(C(=O)c2cn(Cc3cccc(F)c3)nn2)CCO1. The molecule has 3 rings (SSSR count). The van der Waals surface area contributed by atoms with E-state index in [9.17, 15) is 14.0 Å². The molecule has 1 aliphatic rings. The summed E-state index contributed by atoms with van der Waals surface area (Å²) in [6, 6.07) is 6.10. The third-order valence-electron chi connectivity index (χ3n) is 3.82. The van der Waals surface area contributed by atoms with Crippen LogP contribution in [0.25, 0.3) is 0 Å². The molecule has 9 heteroatoms. The van der Waals surface area contributed by atoms with Gasteiger partial charge in [0.2, 0.25) is 0 Å². The molecule has 1 unspecified atom stereocenters. The van der Waals surface area contributed by atoms with Crippen molar-refractivity contribution in [1.82, 2.24) is 19.9 Å². The number of carbonyl (C=O) groups is 2. The largest absolute Gasteiger partial charge is 0.481 e. The summed E-state index contributed by atoms with van der Waals surface area (Å²) in [5.41, 5.74) is 0.865. The van der Waals surface area contributed by atoms with Crippen molar-refractivity contribution in [2.24, 2.45) is 0 Å². The van der Waals surface area contributed by atoms with Gasteiger partial charge in [0.15, 0.2) is 5.69 Å². The molecule has 1 aliphatic heterocycles. The molecule has 0 radical (unpaired) electrons. The lowest BCUT2D eigenvalue weighted by atomic mass is 10.2. The Balaban J connectivity index is 1.65. The van der Waals surface area contributed by atoms with Crippen LogP contribution in [0.3, 0.4) is 0 Å². The van der Waals surface area contributed by atoms with Gasteiger partial charge >= 0.3 is 5.97 Å². The fourth-order valence-electron chi connectivity index (χ4n) is 2.68. The number of ether oxygens (including phenoxy) is 1. The molecule has 0 aliphatic carbocycles. The van der Waals surface area contributed by atoms with Crippen molar-refractivity contribution in [2.75, 3.05) is 19.7 Å². The summed E-state index contributed by atoms with van der Waals surface area (Å²) in [5, 5.41) is 16.6. The lowest BCUT2D eigenvalue weighted by molar-refractivity contribution is -0.141. The molecule has 2 heterocycles. The molecule has 1 aromatic heterocycles. The molecule has 0 bridgehead atoms. The first kappa shape index (κ1) is 17.0. The third kappa shape index (κ3) is 4.38. The number of rotatable bonds is 5. The minimum absolute atomic E-state index is 0.157.